The third-order valence-corrected chi connectivity index (χ3v) is 1.48. The van der Waals surface area contributed by atoms with Gasteiger partial charge in [-0.3, -0.25) is 4.90 Å². The average Bonchev–Trinajstić information content (AvgIpc) is 1.89. The number of nitrogens with one attached hydrogen (secondary N) is 2. The largest absolute Gasteiger partial charge is 0.304 e. The summed E-state index contributed by atoms with van der Waals surface area (Å²) in [7, 11) is 2.08. The van der Waals surface area contributed by atoms with Crippen LogP contribution in [0.1, 0.15) is 13.3 Å². The van der Waals surface area contributed by atoms with Crippen LogP contribution in [0.2, 0.25) is 0 Å². The summed E-state index contributed by atoms with van der Waals surface area (Å²) < 4.78 is 3.05. The van der Waals surface area contributed by atoms with Gasteiger partial charge in [-0.15, -0.1) is 0 Å². The Morgan fingerprint density at radius 1 is 1.40 bits per heavy atom. The van der Waals surface area contributed by atoms with E-state index in [1.54, 1.807) is 0 Å². The number of hydrogen-bond acceptors (Lipinski definition) is 3. The molecule has 0 saturated carbocycles. The third kappa shape index (κ3) is 6.73. The van der Waals surface area contributed by atoms with Gasteiger partial charge in [-0.25, -0.2) is 3.53 Å². The lowest BCUT2D eigenvalue weighted by atomic mass is 10.5. The van der Waals surface area contributed by atoms with Gasteiger partial charge in [0.1, 0.15) is 0 Å². The molecule has 0 unspecified atom stereocenters. The summed E-state index contributed by atoms with van der Waals surface area (Å²) >= 11 is 2.14. The van der Waals surface area contributed by atoms with E-state index in [9.17, 15) is 0 Å². The van der Waals surface area contributed by atoms with Gasteiger partial charge in [-0.05, 0) is 20.0 Å². The van der Waals surface area contributed by atoms with Crippen LogP contribution in [0.4, 0.5) is 0 Å². The molecule has 0 amide bonds. The number of rotatable bonds is 6. The van der Waals surface area contributed by atoms with E-state index in [0.29, 0.717) is 0 Å². The maximum atomic E-state index is 3.30. The monoisotopic (exact) mass is 257 g/mol. The molecule has 2 N–H and O–H groups in total. The topological polar surface area (TPSA) is 27.3 Å². The molecular formula is C6H16IN3. The SMILES string of the molecule is CCCNCN(C)CNI. The predicted octanol–water partition coefficient (Wildman–Crippen LogP) is 0.772. The molecule has 0 aliphatic carbocycles. The van der Waals surface area contributed by atoms with Gasteiger partial charge < -0.3 is 5.32 Å². The summed E-state index contributed by atoms with van der Waals surface area (Å²) in [4.78, 5) is 2.18. The van der Waals surface area contributed by atoms with Crippen LogP contribution in [0.5, 0.6) is 0 Å². The minimum Gasteiger partial charge on any atom is -0.304 e. The molecule has 0 atom stereocenters. The Bertz CT molecular complexity index is 70.0. The molecule has 0 bridgehead atoms. The summed E-state index contributed by atoms with van der Waals surface area (Å²) in [5.74, 6) is 0. The van der Waals surface area contributed by atoms with Crippen molar-refractivity contribution in [3.63, 3.8) is 0 Å². The number of nitrogens with zero attached hydrogens (tertiary/aromatic N) is 1. The van der Waals surface area contributed by atoms with Crippen molar-refractivity contribution in [1.82, 2.24) is 13.7 Å². The standard InChI is InChI=1S/C6H16IN3/c1-3-4-8-5-10(2)6-9-7/h8-9H,3-6H2,1-2H3. The first-order valence-electron chi connectivity index (χ1n) is 3.54. The maximum Gasteiger partial charge on any atom is 0.0578 e. The van der Waals surface area contributed by atoms with E-state index < -0.39 is 0 Å². The van der Waals surface area contributed by atoms with Crippen molar-refractivity contribution in [3.8, 4) is 0 Å². The van der Waals surface area contributed by atoms with Gasteiger partial charge in [0.2, 0.25) is 0 Å². The Morgan fingerprint density at radius 2 is 2.10 bits per heavy atom. The van der Waals surface area contributed by atoms with Crippen LogP contribution in [0.25, 0.3) is 0 Å². The Kier molecular flexibility index (Phi) is 8.18. The molecule has 0 saturated heterocycles. The molecule has 0 rings (SSSR count). The Labute approximate surface area is 77.0 Å². The molecule has 3 nitrogen and oxygen atoms in total. The lowest BCUT2D eigenvalue weighted by Crippen LogP contribution is -2.35. The van der Waals surface area contributed by atoms with Crippen molar-refractivity contribution in [2.24, 2.45) is 0 Å². The summed E-state index contributed by atoms with van der Waals surface area (Å²) in [6.07, 6.45) is 1.20. The maximum absolute atomic E-state index is 3.30. The Morgan fingerprint density at radius 3 is 2.60 bits per heavy atom. The van der Waals surface area contributed by atoms with Crippen molar-refractivity contribution >= 4 is 22.9 Å². The molecule has 62 valence electrons. The zero-order valence-electron chi connectivity index (χ0n) is 6.65. The third-order valence-electron chi connectivity index (χ3n) is 1.14. The predicted molar refractivity (Wildman–Crippen MR) is 52.9 cm³/mol. The highest BCUT2D eigenvalue weighted by molar-refractivity contribution is 14.1. The molecule has 0 aromatic carbocycles. The van der Waals surface area contributed by atoms with Gasteiger partial charge in [-0.1, -0.05) is 6.92 Å². The first-order chi connectivity index (χ1) is 4.81. The Balaban J connectivity index is 2.97. The van der Waals surface area contributed by atoms with Crippen LogP contribution in [0.3, 0.4) is 0 Å². The number of hydrogen-bond donors (Lipinski definition) is 2. The van der Waals surface area contributed by atoms with E-state index in [2.05, 4.69) is 50.6 Å². The zero-order valence-corrected chi connectivity index (χ0v) is 8.81. The van der Waals surface area contributed by atoms with Gasteiger partial charge in [0.05, 0.1) is 6.67 Å². The fourth-order valence-electron chi connectivity index (χ4n) is 0.605. The highest BCUT2D eigenvalue weighted by Crippen LogP contribution is 1.78. The van der Waals surface area contributed by atoms with Crippen LogP contribution in [-0.2, 0) is 0 Å². The first-order valence-corrected chi connectivity index (χ1v) is 4.62. The van der Waals surface area contributed by atoms with E-state index in [0.717, 1.165) is 19.9 Å². The first kappa shape index (κ1) is 10.6. The zero-order chi connectivity index (χ0) is 7.82. The highest BCUT2D eigenvalue weighted by atomic mass is 127. The van der Waals surface area contributed by atoms with Gasteiger partial charge in [-0.2, -0.15) is 0 Å². The summed E-state index contributed by atoms with van der Waals surface area (Å²) in [5, 5.41) is 3.30. The van der Waals surface area contributed by atoms with Crippen molar-refractivity contribution < 1.29 is 0 Å². The molecule has 4 heteroatoms. The quantitative estimate of drug-likeness (QED) is 0.318. The minimum absolute atomic E-state index is 0.928. The Hall–Kier alpha value is 0.610. The van der Waals surface area contributed by atoms with Crippen molar-refractivity contribution in [2.45, 2.75) is 13.3 Å². The molecular weight excluding hydrogens is 241 g/mol. The fraction of sp³-hybridized carbons (Fsp3) is 1.00. The van der Waals surface area contributed by atoms with Crippen LogP contribution in [0, 0.1) is 0 Å². The lowest BCUT2D eigenvalue weighted by molar-refractivity contribution is 0.310. The van der Waals surface area contributed by atoms with E-state index in [4.69, 9.17) is 0 Å². The fourth-order valence-corrected chi connectivity index (χ4v) is 1.19. The molecule has 0 aliphatic rings. The van der Waals surface area contributed by atoms with Gasteiger partial charge >= 0.3 is 0 Å². The molecule has 0 heterocycles. The van der Waals surface area contributed by atoms with Gasteiger partial charge in [0, 0.05) is 29.5 Å². The smallest absolute Gasteiger partial charge is 0.0578 e. The summed E-state index contributed by atoms with van der Waals surface area (Å²) in [5.41, 5.74) is 0. The van der Waals surface area contributed by atoms with E-state index in [1.165, 1.54) is 6.42 Å². The summed E-state index contributed by atoms with van der Waals surface area (Å²) in [6, 6.07) is 0. The normalized spacial score (nSPS) is 10.8. The second-order valence-electron chi connectivity index (χ2n) is 2.31. The van der Waals surface area contributed by atoms with Crippen molar-refractivity contribution in [2.75, 3.05) is 26.9 Å². The van der Waals surface area contributed by atoms with Crippen molar-refractivity contribution in [3.05, 3.63) is 0 Å². The molecule has 0 radical (unpaired) electrons. The second kappa shape index (κ2) is 7.71. The van der Waals surface area contributed by atoms with Crippen molar-refractivity contribution in [1.29, 1.82) is 0 Å². The molecule has 10 heavy (non-hydrogen) atoms. The van der Waals surface area contributed by atoms with E-state index in [-0.39, 0.29) is 0 Å². The van der Waals surface area contributed by atoms with E-state index >= 15 is 0 Å². The van der Waals surface area contributed by atoms with Gasteiger partial charge in [0.15, 0.2) is 0 Å². The number of halogens is 1. The van der Waals surface area contributed by atoms with E-state index in [1.807, 2.05) is 0 Å². The average molecular weight is 257 g/mol. The minimum atomic E-state index is 0.928. The molecule has 0 aromatic heterocycles. The van der Waals surface area contributed by atoms with Crippen LogP contribution < -0.4 is 8.85 Å². The molecule has 0 fully saturated rings. The molecule has 0 aromatic rings. The second-order valence-corrected chi connectivity index (χ2v) is 3.07. The van der Waals surface area contributed by atoms with Crippen LogP contribution >= 0.6 is 22.9 Å². The van der Waals surface area contributed by atoms with Crippen LogP contribution in [0.15, 0.2) is 0 Å². The highest BCUT2D eigenvalue weighted by Gasteiger charge is 1.92. The lowest BCUT2D eigenvalue weighted by Gasteiger charge is -2.15. The van der Waals surface area contributed by atoms with Crippen LogP contribution in [-0.4, -0.2) is 31.8 Å². The summed E-state index contributed by atoms with van der Waals surface area (Å²) in [6.45, 7) is 5.16. The molecule has 0 spiro atoms. The molecule has 0 aliphatic heterocycles. The van der Waals surface area contributed by atoms with Gasteiger partial charge in [0.25, 0.3) is 0 Å².